The van der Waals surface area contributed by atoms with Crippen molar-refractivity contribution in [2.75, 3.05) is 14.2 Å². The molecule has 1 amide bonds. The molecule has 0 aliphatic carbocycles. The van der Waals surface area contributed by atoms with Crippen LogP contribution in [0.4, 0.5) is 0 Å². The molecule has 0 fully saturated rings. The predicted octanol–water partition coefficient (Wildman–Crippen LogP) is 1.23. The number of hydrogen-bond donors (Lipinski definition) is 2. The van der Waals surface area contributed by atoms with E-state index in [4.69, 9.17) is 15.2 Å². The summed E-state index contributed by atoms with van der Waals surface area (Å²) in [6, 6.07) is 5.61. The van der Waals surface area contributed by atoms with Gasteiger partial charge in [0.15, 0.2) is 6.10 Å². The van der Waals surface area contributed by atoms with Crippen LogP contribution < -0.4 is 20.5 Å². The standard InChI is InChI=1S/C13H20N2O3/c1-8(15-3)11-6-5-10(17-4)7-12(11)18-9(2)13(14)16/h5-9,15H,1-4H3,(H2,14,16). The van der Waals surface area contributed by atoms with Crippen molar-refractivity contribution in [1.82, 2.24) is 5.32 Å². The molecule has 1 aromatic rings. The van der Waals surface area contributed by atoms with Crippen molar-refractivity contribution in [1.29, 1.82) is 0 Å². The summed E-state index contributed by atoms with van der Waals surface area (Å²) in [4.78, 5) is 11.1. The first kappa shape index (κ1) is 14.3. The van der Waals surface area contributed by atoms with Crippen molar-refractivity contribution in [3.8, 4) is 11.5 Å². The SMILES string of the molecule is CNC(C)c1ccc(OC)cc1OC(C)C(N)=O. The van der Waals surface area contributed by atoms with Crippen LogP contribution in [0.3, 0.4) is 0 Å². The van der Waals surface area contributed by atoms with E-state index in [0.29, 0.717) is 11.5 Å². The lowest BCUT2D eigenvalue weighted by Gasteiger charge is -2.19. The first-order valence-corrected chi connectivity index (χ1v) is 5.80. The zero-order valence-electron chi connectivity index (χ0n) is 11.2. The van der Waals surface area contributed by atoms with Gasteiger partial charge in [-0.1, -0.05) is 6.07 Å². The summed E-state index contributed by atoms with van der Waals surface area (Å²) < 4.78 is 10.7. The van der Waals surface area contributed by atoms with Gasteiger partial charge in [-0.2, -0.15) is 0 Å². The Balaban J connectivity index is 3.07. The highest BCUT2D eigenvalue weighted by Gasteiger charge is 2.16. The van der Waals surface area contributed by atoms with Crippen LogP contribution in [0.15, 0.2) is 18.2 Å². The molecule has 2 unspecified atom stereocenters. The summed E-state index contributed by atoms with van der Waals surface area (Å²) in [6.07, 6.45) is -0.681. The molecule has 5 heteroatoms. The van der Waals surface area contributed by atoms with Gasteiger partial charge in [0.2, 0.25) is 0 Å². The van der Waals surface area contributed by atoms with Crippen molar-refractivity contribution in [2.24, 2.45) is 5.73 Å². The molecule has 0 aromatic heterocycles. The van der Waals surface area contributed by atoms with Crippen LogP contribution in [-0.4, -0.2) is 26.2 Å². The van der Waals surface area contributed by atoms with Gasteiger partial charge in [0.1, 0.15) is 11.5 Å². The number of primary amides is 1. The molecule has 0 bridgehead atoms. The Morgan fingerprint density at radius 1 is 1.39 bits per heavy atom. The molecule has 0 heterocycles. The van der Waals surface area contributed by atoms with Crippen LogP contribution >= 0.6 is 0 Å². The molecular formula is C13H20N2O3. The third-order valence-electron chi connectivity index (χ3n) is 2.82. The highest BCUT2D eigenvalue weighted by atomic mass is 16.5. The second-order valence-electron chi connectivity index (χ2n) is 4.08. The van der Waals surface area contributed by atoms with Crippen molar-refractivity contribution in [2.45, 2.75) is 26.0 Å². The van der Waals surface area contributed by atoms with E-state index >= 15 is 0 Å². The van der Waals surface area contributed by atoms with Gasteiger partial charge in [0.25, 0.3) is 5.91 Å². The van der Waals surface area contributed by atoms with Gasteiger partial charge in [-0.3, -0.25) is 4.79 Å². The lowest BCUT2D eigenvalue weighted by Crippen LogP contribution is -2.31. The number of carbonyl (C=O) groups is 1. The number of rotatable bonds is 6. The van der Waals surface area contributed by atoms with Gasteiger partial charge in [0, 0.05) is 17.7 Å². The number of ether oxygens (including phenoxy) is 2. The van der Waals surface area contributed by atoms with Crippen molar-refractivity contribution in [3.05, 3.63) is 23.8 Å². The Labute approximate surface area is 107 Å². The van der Waals surface area contributed by atoms with Crippen LogP contribution in [0, 0.1) is 0 Å². The van der Waals surface area contributed by atoms with E-state index in [-0.39, 0.29) is 6.04 Å². The molecule has 0 aliphatic rings. The van der Waals surface area contributed by atoms with Gasteiger partial charge in [0.05, 0.1) is 7.11 Å². The van der Waals surface area contributed by atoms with Gasteiger partial charge >= 0.3 is 0 Å². The zero-order valence-corrected chi connectivity index (χ0v) is 11.2. The Bertz CT molecular complexity index is 421. The van der Waals surface area contributed by atoms with E-state index < -0.39 is 12.0 Å². The smallest absolute Gasteiger partial charge is 0.258 e. The van der Waals surface area contributed by atoms with E-state index in [2.05, 4.69) is 5.32 Å². The summed E-state index contributed by atoms with van der Waals surface area (Å²) in [6.45, 7) is 3.62. The van der Waals surface area contributed by atoms with Crippen molar-refractivity contribution >= 4 is 5.91 Å². The predicted molar refractivity (Wildman–Crippen MR) is 69.8 cm³/mol. The van der Waals surface area contributed by atoms with Gasteiger partial charge in [-0.05, 0) is 27.0 Å². The minimum absolute atomic E-state index is 0.103. The Morgan fingerprint density at radius 3 is 2.56 bits per heavy atom. The topological polar surface area (TPSA) is 73.6 Å². The molecule has 0 saturated heterocycles. The largest absolute Gasteiger partial charge is 0.497 e. The minimum atomic E-state index is -0.681. The molecule has 1 rings (SSSR count). The van der Waals surface area contributed by atoms with Gasteiger partial charge in [-0.15, -0.1) is 0 Å². The van der Waals surface area contributed by atoms with Crippen LogP contribution in [0.2, 0.25) is 0 Å². The van der Waals surface area contributed by atoms with Crippen molar-refractivity contribution in [3.63, 3.8) is 0 Å². The third-order valence-corrected chi connectivity index (χ3v) is 2.82. The molecule has 2 atom stereocenters. The minimum Gasteiger partial charge on any atom is -0.497 e. The Morgan fingerprint density at radius 2 is 2.06 bits per heavy atom. The molecule has 0 aliphatic heterocycles. The maximum Gasteiger partial charge on any atom is 0.258 e. The molecular weight excluding hydrogens is 232 g/mol. The van der Waals surface area contributed by atoms with Crippen LogP contribution in [0.5, 0.6) is 11.5 Å². The molecule has 1 aromatic carbocycles. The quantitative estimate of drug-likeness (QED) is 0.798. The molecule has 18 heavy (non-hydrogen) atoms. The third kappa shape index (κ3) is 3.37. The van der Waals surface area contributed by atoms with Crippen LogP contribution in [-0.2, 0) is 4.79 Å². The molecule has 3 N–H and O–H groups in total. The lowest BCUT2D eigenvalue weighted by molar-refractivity contribution is -0.124. The van der Waals surface area contributed by atoms with Crippen LogP contribution in [0.1, 0.15) is 25.5 Å². The zero-order chi connectivity index (χ0) is 13.7. The average molecular weight is 252 g/mol. The summed E-state index contributed by atoms with van der Waals surface area (Å²) in [5.41, 5.74) is 6.15. The van der Waals surface area contributed by atoms with Gasteiger partial charge in [-0.25, -0.2) is 0 Å². The summed E-state index contributed by atoms with van der Waals surface area (Å²) in [5.74, 6) is 0.775. The maximum absolute atomic E-state index is 11.1. The second-order valence-corrected chi connectivity index (χ2v) is 4.08. The maximum atomic E-state index is 11.1. The number of benzene rings is 1. The number of hydrogen-bond acceptors (Lipinski definition) is 4. The highest BCUT2D eigenvalue weighted by molar-refractivity contribution is 5.78. The fraction of sp³-hybridized carbons (Fsp3) is 0.462. The average Bonchev–Trinajstić information content (AvgIpc) is 2.37. The first-order chi connectivity index (χ1) is 8.49. The lowest BCUT2D eigenvalue weighted by atomic mass is 10.1. The Kier molecular flexibility index (Phi) is 4.97. The highest BCUT2D eigenvalue weighted by Crippen LogP contribution is 2.30. The fourth-order valence-corrected chi connectivity index (χ4v) is 1.51. The Hall–Kier alpha value is -1.75. The molecule has 0 radical (unpaired) electrons. The van der Waals surface area contributed by atoms with E-state index in [0.717, 1.165) is 5.56 Å². The molecule has 0 spiro atoms. The summed E-state index contributed by atoms with van der Waals surface area (Å²) in [5, 5.41) is 3.12. The number of nitrogens with two attached hydrogens (primary N) is 1. The van der Waals surface area contributed by atoms with E-state index in [1.54, 1.807) is 20.1 Å². The number of amides is 1. The van der Waals surface area contributed by atoms with Gasteiger partial charge < -0.3 is 20.5 Å². The second kappa shape index (κ2) is 6.26. The van der Waals surface area contributed by atoms with E-state index in [9.17, 15) is 4.79 Å². The summed E-state index contributed by atoms with van der Waals surface area (Å²) >= 11 is 0. The number of carbonyl (C=O) groups excluding carboxylic acids is 1. The fourth-order valence-electron chi connectivity index (χ4n) is 1.51. The number of nitrogens with one attached hydrogen (secondary N) is 1. The molecule has 5 nitrogen and oxygen atoms in total. The van der Waals surface area contributed by atoms with Crippen molar-refractivity contribution < 1.29 is 14.3 Å². The summed E-state index contributed by atoms with van der Waals surface area (Å²) in [7, 11) is 3.44. The monoisotopic (exact) mass is 252 g/mol. The normalized spacial score (nSPS) is 13.8. The molecule has 0 saturated carbocycles. The van der Waals surface area contributed by atoms with Crippen LogP contribution in [0.25, 0.3) is 0 Å². The first-order valence-electron chi connectivity index (χ1n) is 5.80. The molecule has 100 valence electrons. The van der Waals surface area contributed by atoms with E-state index in [1.807, 2.05) is 26.1 Å². The number of methoxy groups -OCH3 is 1. The van der Waals surface area contributed by atoms with E-state index in [1.165, 1.54) is 0 Å².